The third-order valence-electron chi connectivity index (χ3n) is 4.50. The first-order valence-corrected chi connectivity index (χ1v) is 7.12. The van der Waals surface area contributed by atoms with Crippen molar-refractivity contribution in [3.8, 4) is 0 Å². The highest BCUT2D eigenvalue weighted by atomic mass is 15.2. The van der Waals surface area contributed by atoms with E-state index in [0.717, 1.165) is 30.6 Å². The van der Waals surface area contributed by atoms with E-state index in [2.05, 4.69) is 11.8 Å². The summed E-state index contributed by atoms with van der Waals surface area (Å²) in [5.41, 5.74) is 0. The first kappa shape index (κ1) is 11.9. The number of hydrogen-bond acceptors (Lipinski definition) is 1. The molecule has 0 spiro atoms. The zero-order chi connectivity index (χ0) is 11.4. The molecule has 1 aliphatic carbocycles. The van der Waals surface area contributed by atoms with Gasteiger partial charge in [-0.3, -0.25) is 5.41 Å². The molecule has 0 radical (unpaired) electrons. The lowest BCUT2D eigenvalue weighted by atomic mass is 9.80. The van der Waals surface area contributed by atoms with Crippen LogP contribution < -0.4 is 0 Å². The highest BCUT2D eigenvalue weighted by Gasteiger charge is 2.23. The van der Waals surface area contributed by atoms with E-state index in [4.69, 9.17) is 5.41 Å². The predicted octanol–water partition coefficient (Wildman–Crippen LogP) is 3.67. The van der Waals surface area contributed by atoms with Crippen LogP contribution in [0.1, 0.15) is 58.3 Å². The molecule has 16 heavy (non-hydrogen) atoms. The fourth-order valence-corrected chi connectivity index (χ4v) is 3.22. The Bertz CT molecular complexity index is 229. The van der Waals surface area contributed by atoms with Gasteiger partial charge in [0.25, 0.3) is 0 Å². The van der Waals surface area contributed by atoms with E-state index < -0.39 is 0 Å². The van der Waals surface area contributed by atoms with E-state index in [0.29, 0.717) is 0 Å². The summed E-state index contributed by atoms with van der Waals surface area (Å²) in [6, 6.07) is 0. The third-order valence-corrected chi connectivity index (χ3v) is 4.50. The molecule has 2 heteroatoms. The Morgan fingerprint density at radius 3 is 2.44 bits per heavy atom. The fraction of sp³-hybridized carbons (Fsp3) is 0.929. The molecule has 0 amide bonds. The Kier molecular flexibility index (Phi) is 4.25. The van der Waals surface area contributed by atoms with Gasteiger partial charge in [0.2, 0.25) is 0 Å². The molecule has 1 heterocycles. The smallest absolute Gasteiger partial charge is 0.0957 e. The summed E-state index contributed by atoms with van der Waals surface area (Å²) >= 11 is 0. The minimum atomic E-state index is 0.876. The Morgan fingerprint density at radius 2 is 1.81 bits per heavy atom. The van der Waals surface area contributed by atoms with Gasteiger partial charge in [-0.2, -0.15) is 0 Å². The van der Waals surface area contributed by atoms with Crippen LogP contribution in [0.4, 0.5) is 0 Å². The standard InChI is InChI=1S/C14H26N2/c1-2-12-6-8-13(9-7-12)11-16-10-4-3-5-14(16)15/h12-13,15H,2-11H2,1H3. The summed E-state index contributed by atoms with van der Waals surface area (Å²) < 4.78 is 0. The maximum absolute atomic E-state index is 7.97. The molecule has 0 aromatic carbocycles. The van der Waals surface area contributed by atoms with Gasteiger partial charge in [-0.05, 0) is 37.5 Å². The zero-order valence-corrected chi connectivity index (χ0v) is 10.7. The van der Waals surface area contributed by atoms with Crippen molar-refractivity contribution in [2.75, 3.05) is 13.1 Å². The number of rotatable bonds is 3. The molecule has 92 valence electrons. The molecule has 2 nitrogen and oxygen atoms in total. The second kappa shape index (κ2) is 5.70. The number of amidine groups is 1. The van der Waals surface area contributed by atoms with Crippen LogP contribution in [0.25, 0.3) is 0 Å². The Hall–Kier alpha value is -0.530. The van der Waals surface area contributed by atoms with Crippen LogP contribution in [0.5, 0.6) is 0 Å². The average Bonchev–Trinajstić information content (AvgIpc) is 2.33. The Morgan fingerprint density at radius 1 is 1.12 bits per heavy atom. The maximum Gasteiger partial charge on any atom is 0.0957 e. The summed E-state index contributed by atoms with van der Waals surface area (Å²) in [6.07, 6.45) is 10.6. The van der Waals surface area contributed by atoms with Crippen molar-refractivity contribution in [1.82, 2.24) is 4.90 Å². The third kappa shape index (κ3) is 2.99. The van der Waals surface area contributed by atoms with Gasteiger partial charge in [-0.15, -0.1) is 0 Å². The van der Waals surface area contributed by atoms with E-state index in [-0.39, 0.29) is 0 Å². The zero-order valence-electron chi connectivity index (χ0n) is 10.7. The molecule has 2 rings (SSSR count). The lowest BCUT2D eigenvalue weighted by Crippen LogP contribution is -2.39. The molecule has 0 aromatic heterocycles. The highest BCUT2D eigenvalue weighted by Crippen LogP contribution is 2.31. The Labute approximate surface area is 99.9 Å². The van der Waals surface area contributed by atoms with E-state index in [1.807, 2.05) is 0 Å². The van der Waals surface area contributed by atoms with Gasteiger partial charge < -0.3 is 4.90 Å². The summed E-state index contributed by atoms with van der Waals surface area (Å²) in [5.74, 6) is 2.78. The van der Waals surface area contributed by atoms with Crippen molar-refractivity contribution in [2.45, 2.75) is 58.3 Å². The van der Waals surface area contributed by atoms with Gasteiger partial charge in [0.15, 0.2) is 0 Å². The summed E-state index contributed by atoms with van der Waals surface area (Å²) in [6.45, 7) is 4.65. The largest absolute Gasteiger partial charge is 0.360 e. The predicted molar refractivity (Wildman–Crippen MR) is 68.9 cm³/mol. The first-order valence-electron chi connectivity index (χ1n) is 7.12. The van der Waals surface area contributed by atoms with Gasteiger partial charge in [0.1, 0.15) is 0 Å². The molecular formula is C14H26N2. The highest BCUT2D eigenvalue weighted by molar-refractivity contribution is 5.79. The normalized spacial score (nSPS) is 31.8. The van der Waals surface area contributed by atoms with Gasteiger partial charge in [-0.1, -0.05) is 26.2 Å². The molecule has 2 fully saturated rings. The van der Waals surface area contributed by atoms with Crippen molar-refractivity contribution in [2.24, 2.45) is 11.8 Å². The average molecular weight is 222 g/mol. The quantitative estimate of drug-likeness (QED) is 0.775. The van der Waals surface area contributed by atoms with Crippen LogP contribution in [0.15, 0.2) is 0 Å². The fourth-order valence-electron chi connectivity index (χ4n) is 3.22. The van der Waals surface area contributed by atoms with Crippen LogP contribution in [-0.4, -0.2) is 23.8 Å². The number of likely N-dealkylation sites (tertiary alicyclic amines) is 1. The summed E-state index contributed by atoms with van der Waals surface area (Å²) in [7, 11) is 0. The molecule has 0 unspecified atom stereocenters. The van der Waals surface area contributed by atoms with Gasteiger partial charge >= 0.3 is 0 Å². The molecule has 1 aliphatic heterocycles. The van der Waals surface area contributed by atoms with Crippen LogP contribution in [0.3, 0.4) is 0 Å². The van der Waals surface area contributed by atoms with E-state index >= 15 is 0 Å². The lowest BCUT2D eigenvalue weighted by molar-refractivity contribution is 0.217. The maximum atomic E-state index is 7.97. The van der Waals surface area contributed by atoms with E-state index in [9.17, 15) is 0 Å². The number of piperidine rings is 1. The van der Waals surface area contributed by atoms with Crippen LogP contribution in [0.2, 0.25) is 0 Å². The van der Waals surface area contributed by atoms with Gasteiger partial charge in [-0.25, -0.2) is 0 Å². The van der Waals surface area contributed by atoms with Crippen LogP contribution in [0, 0.1) is 17.2 Å². The molecule has 0 bridgehead atoms. The summed E-state index contributed by atoms with van der Waals surface area (Å²) in [5, 5.41) is 7.97. The number of hydrogen-bond donors (Lipinski definition) is 1. The topological polar surface area (TPSA) is 27.1 Å². The van der Waals surface area contributed by atoms with Crippen molar-refractivity contribution in [1.29, 1.82) is 5.41 Å². The Balaban J connectivity index is 1.75. The van der Waals surface area contributed by atoms with Crippen molar-refractivity contribution < 1.29 is 0 Å². The lowest BCUT2D eigenvalue weighted by Gasteiger charge is -2.35. The van der Waals surface area contributed by atoms with Gasteiger partial charge in [0, 0.05) is 19.5 Å². The minimum absolute atomic E-state index is 0.876. The number of nitrogens with one attached hydrogen (secondary N) is 1. The molecule has 1 N–H and O–H groups in total. The first-order chi connectivity index (χ1) is 7.79. The van der Waals surface area contributed by atoms with Crippen LogP contribution in [-0.2, 0) is 0 Å². The number of nitrogens with zero attached hydrogens (tertiary/aromatic N) is 1. The van der Waals surface area contributed by atoms with E-state index in [1.54, 1.807) is 0 Å². The van der Waals surface area contributed by atoms with Crippen LogP contribution >= 0.6 is 0 Å². The minimum Gasteiger partial charge on any atom is -0.360 e. The van der Waals surface area contributed by atoms with Crippen molar-refractivity contribution in [3.05, 3.63) is 0 Å². The van der Waals surface area contributed by atoms with Gasteiger partial charge in [0.05, 0.1) is 5.84 Å². The second-order valence-electron chi connectivity index (χ2n) is 5.64. The molecule has 0 atom stereocenters. The SMILES string of the molecule is CCC1CCC(CN2CCCCC2=N)CC1. The molecule has 1 saturated heterocycles. The molecular weight excluding hydrogens is 196 g/mol. The monoisotopic (exact) mass is 222 g/mol. The summed E-state index contributed by atoms with van der Waals surface area (Å²) in [4.78, 5) is 2.35. The molecule has 1 saturated carbocycles. The van der Waals surface area contributed by atoms with Crippen molar-refractivity contribution in [3.63, 3.8) is 0 Å². The second-order valence-corrected chi connectivity index (χ2v) is 5.64. The molecule has 2 aliphatic rings. The van der Waals surface area contributed by atoms with Crippen molar-refractivity contribution >= 4 is 5.84 Å². The molecule has 0 aromatic rings. The van der Waals surface area contributed by atoms with E-state index in [1.165, 1.54) is 51.5 Å².